The van der Waals surface area contributed by atoms with Gasteiger partial charge in [-0.15, -0.1) is 0 Å². The van der Waals surface area contributed by atoms with Gasteiger partial charge in [0.25, 0.3) is 0 Å². The molecule has 24 heavy (non-hydrogen) atoms. The zero-order valence-electron chi connectivity index (χ0n) is 15.1. The van der Waals surface area contributed by atoms with Crippen LogP contribution in [0.5, 0.6) is 17.2 Å². The Hall–Kier alpha value is -2.43. The van der Waals surface area contributed by atoms with Gasteiger partial charge in [0, 0.05) is 17.2 Å². The van der Waals surface area contributed by atoms with E-state index in [2.05, 4.69) is 6.92 Å². The summed E-state index contributed by atoms with van der Waals surface area (Å²) in [6.07, 6.45) is 4.12. The number of carbonyl (C=O) groups excluding carboxylic acids is 1. The van der Waals surface area contributed by atoms with Crippen molar-refractivity contribution in [2.75, 3.05) is 21.3 Å². The molecule has 0 saturated heterocycles. The van der Waals surface area contributed by atoms with E-state index < -0.39 is 0 Å². The third kappa shape index (κ3) is 3.40. The van der Waals surface area contributed by atoms with Gasteiger partial charge in [0.15, 0.2) is 11.5 Å². The topological polar surface area (TPSA) is 54.0 Å². The Morgan fingerprint density at radius 3 is 2.29 bits per heavy atom. The first-order valence-corrected chi connectivity index (χ1v) is 7.83. The fourth-order valence-electron chi connectivity index (χ4n) is 2.84. The summed E-state index contributed by atoms with van der Waals surface area (Å²) in [5, 5.41) is 0. The van der Waals surface area contributed by atoms with Gasteiger partial charge in [-0.2, -0.15) is 0 Å². The lowest BCUT2D eigenvalue weighted by Crippen LogP contribution is -2.03. The summed E-state index contributed by atoms with van der Waals surface area (Å²) >= 11 is 0. The molecule has 130 valence electrons. The van der Waals surface area contributed by atoms with E-state index in [1.54, 1.807) is 21.3 Å². The van der Waals surface area contributed by atoms with Gasteiger partial charge < -0.3 is 18.9 Å². The number of rotatable bonds is 6. The van der Waals surface area contributed by atoms with Crippen LogP contribution in [0.1, 0.15) is 37.3 Å². The second-order valence-corrected chi connectivity index (χ2v) is 5.81. The number of esters is 1. The van der Waals surface area contributed by atoms with Gasteiger partial charge in [0.05, 0.1) is 21.3 Å². The molecule has 1 aliphatic rings. The van der Waals surface area contributed by atoms with Crippen molar-refractivity contribution in [3.05, 3.63) is 40.7 Å². The Morgan fingerprint density at radius 2 is 1.79 bits per heavy atom. The van der Waals surface area contributed by atoms with Crippen LogP contribution in [-0.4, -0.2) is 27.3 Å². The Balaban J connectivity index is 2.35. The predicted molar refractivity (Wildman–Crippen MR) is 91.8 cm³/mol. The van der Waals surface area contributed by atoms with Crippen LogP contribution in [0.25, 0.3) is 0 Å². The van der Waals surface area contributed by atoms with E-state index >= 15 is 0 Å². The molecule has 5 heteroatoms. The van der Waals surface area contributed by atoms with E-state index in [9.17, 15) is 4.79 Å². The highest BCUT2D eigenvalue weighted by Gasteiger charge is 2.22. The number of methoxy groups -OCH3 is 3. The molecule has 1 aromatic rings. The SMILES string of the molecule is COc1cc(C(C)C/C=C2/OC(=O)C=C2C)c(OC)c(OC)c1C. The van der Waals surface area contributed by atoms with Crippen molar-refractivity contribution in [1.82, 2.24) is 0 Å². The number of benzene rings is 1. The Bertz CT molecular complexity index is 700. The quantitative estimate of drug-likeness (QED) is 0.740. The molecule has 1 aliphatic heterocycles. The van der Waals surface area contributed by atoms with Gasteiger partial charge in [0.1, 0.15) is 11.5 Å². The van der Waals surface area contributed by atoms with Gasteiger partial charge in [-0.3, -0.25) is 0 Å². The van der Waals surface area contributed by atoms with Crippen LogP contribution in [0.4, 0.5) is 0 Å². The zero-order chi connectivity index (χ0) is 17.9. The fraction of sp³-hybridized carbons (Fsp3) is 0.421. The van der Waals surface area contributed by atoms with E-state index in [4.69, 9.17) is 18.9 Å². The summed E-state index contributed by atoms with van der Waals surface area (Å²) in [7, 11) is 4.88. The Kier molecular flexibility index (Phi) is 5.54. The lowest BCUT2D eigenvalue weighted by atomic mass is 9.94. The molecule has 1 atom stereocenters. The van der Waals surface area contributed by atoms with Gasteiger partial charge in [0.2, 0.25) is 0 Å². The van der Waals surface area contributed by atoms with Gasteiger partial charge in [-0.05, 0) is 43.9 Å². The summed E-state index contributed by atoms with van der Waals surface area (Å²) in [6.45, 7) is 5.88. The zero-order valence-corrected chi connectivity index (χ0v) is 15.1. The molecule has 1 heterocycles. The molecule has 0 fully saturated rings. The molecule has 1 aromatic carbocycles. The fourth-order valence-corrected chi connectivity index (χ4v) is 2.84. The highest BCUT2D eigenvalue weighted by Crippen LogP contribution is 2.44. The minimum atomic E-state index is -0.317. The minimum absolute atomic E-state index is 0.128. The second kappa shape index (κ2) is 7.43. The maximum Gasteiger partial charge on any atom is 0.336 e. The lowest BCUT2D eigenvalue weighted by molar-refractivity contribution is -0.132. The van der Waals surface area contributed by atoms with Crippen LogP contribution in [0.3, 0.4) is 0 Å². The van der Waals surface area contributed by atoms with Crippen molar-refractivity contribution in [3.63, 3.8) is 0 Å². The first-order valence-electron chi connectivity index (χ1n) is 7.83. The molecule has 0 N–H and O–H groups in total. The van der Waals surface area contributed by atoms with Crippen molar-refractivity contribution in [2.24, 2.45) is 0 Å². The first-order chi connectivity index (χ1) is 11.4. The number of carbonyl (C=O) groups is 1. The maximum absolute atomic E-state index is 11.3. The summed E-state index contributed by atoms with van der Waals surface area (Å²) in [4.78, 5) is 11.3. The molecular formula is C19H24O5. The Morgan fingerprint density at radius 1 is 1.12 bits per heavy atom. The standard InChI is InChI=1S/C19H24O5/c1-11(7-8-15-12(2)9-17(20)24-15)14-10-16(21-4)13(3)18(22-5)19(14)23-6/h8-11H,7H2,1-6H3/b15-8+. The van der Waals surface area contributed by atoms with E-state index in [0.717, 1.165) is 22.4 Å². The number of hydrogen-bond donors (Lipinski definition) is 0. The summed E-state index contributed by atoms with van der Waals surface area (Å²) in [5.41, 5.74) is 2.73. The smallest absolute Gasteiger partial charge is 0.336 e. The van der Waals surface area contributed by atoms with Crippen molar-refractivity contribution in [3.8, 4) is 17.2 Å². The maximum atomic E-state index is 11.3. The van der Waals surface area contributed by atoms with E-state index in [1.807, 2.05) is 26.0 Å². The van der Waals surface area contributed by atoms with Crippen LogP contribution >= 0.6 is 0 Å². The predicted octanol–water partition coefficient (Wildman–Crippen LogP) is 3.90. The average Bonchev–Trinajstić information content (AvgIpc) is 2.89. The number of allylic oxidation sites excluding steroid dienone is 2. The molecule has 1 unspecified atom stereocenters. The van der Waals surface area contributed by atoms with E-state index in [-0.39, 0.29) is 11.9 Å². The number of cyclic esters (lactones) is 1. The summed E-state index contributed by atoms with van der Waals surface area (Å²) in [6, 6.07) is 1.98. The van der Waals surface area contributed by atoms with Crippen LogP contribution in [0.2, 0.25) is 0 Å². The van der Waals surface area contributed by atoms with E-state index in [0.29, 0.717) is 23.7 Å². The van der Waals surface area contributed by atoms with Gasteiger partial charge >= 0.3 is 5.97 Å². The molecule has 2 rings (SSSR count). The normalized spacial score (nSPS) is 16.7. The van der Waals surface area contributed by atoms with Crippen LogP contribution in [-0.2, 0) is 9.53 Å². The first kappa shape index (κ1) is 17.9. The Labute approximate surface area is 142 Å². The molecule has 0 radical (unpaired) electrons. The molecule has 0 aliphatic carbocycles. The van der Waals surface area contributed by atoms with Crippen molar-refractivity contribution >= 4 is 5.97 Å². The van der Waals surface area contributed by atoms with Gasteiger partial charge in [-0.1, -0.05) is 6.92 Å². The highest BCUT2D eigenvalue weighted by atomic mass is 16.5. The number of ether oxygens (including phenoxy) is 4. The van der Waals surface area contributed by atoms with Crippen molar-refractivity contribution < 1.29 is 23.7 Å². The van der Waals surface area contributed by atoms with Crippen molar-refractivity contribution in [2.45, 2.75) is 33.1 Å². The monoisotopic (exact) mass is 332 g/mol. The molecule has 0 spiro atoms. The third-order valence-corrected chi connectivity index (χ3v) is 4.21. The average molecular weight is 332 g/mol. The molecular weight excluding hydrogens is 308 g/mol. The van der Waals surface area contributed by atoms with Gasteiger partial charge in [-0.25, -0.2) is 4.79 Å². The molecule has 0 bridgehead atoms. The van der Waals surface area contributed by atoms with Crippen molar-refractivity contribution in [1.29, 1.82) is 0 Å². The molecule has 0 saturated carbocycles. The molecule has 5 nitrogen and oxygen atoms in total. The van der Waals surface area contributed by atoms with E-state index in [1.165, 1.54) is 6.08 Å². The lowest BCUT2D eigenvalue weighted by Gasteiger charge is -2.21. The number of hydrogen-bond acceptors (Lipinski definition) is 5. The van der Waals surface area contributed by atoms with Crippen LogP contribution in [0.15, 0.2) is 29.6 Å². The summed E-state index contributed by atoms with van der Waals surface area (Å²) in [5.74, 6) is 2.57. The second-order valence-electron chi connectivity index (χ2n) is 5.81. The third-order valence-electron chi connectivity index (χ3n) is 4.21. The largest absolute Gasteiger partial charge is 0.496 e. The summed E-state index contributed by atoms with van der Waals surface area (Å²) < 4.78 is 21.7. The molecule has 0 aromatic heterocycles. The van der Waals surface area contributed by atoms with Crippen LogP contribution in [0, 0.1) is 6.92 Å². The highest BCUT2D eigenvalue weighted by molar-refractivity contribution is 5.88. The minimum Gasteiger partial charge on any atom is -0.496 e. The van der Waals surface area contributed by atoms with Crippen LogP contribution < -0.4 is 14.2 Å². The molecule has 0 amide bonds.